The Bertz CT molecular complexity index is 917. The molecule has 2 N–H and O–H groups in total. The summed E-state index contributed by atoms with van der Waals surface area (Å²) in [5.74, 6) is 2.28. The summed E-state index contributed by atoms with van der Waals surface area (Å²) in [5.41, 5.74) is 2.97. The number of ether oxygens (including phenoxy) is 1. The lowest BCUT2D eigenvalue weighted by Crippen LogP contribution is -2.40. The molecule has 1 aliphatic heterocycles. The number of rotatable bonds is 8. The van der Waals surface area contributed by atoms with Gasteiger partial charge in [-0.15, -0.1) is 24.0 Å². The highest BCUT2D eigenvalue weighted by Gasteiger charge is 2.23. The average Bonchev–Trinajstić information content (AvgIpc) is 3.30. The van der Waals surface area contributed by atoms with Gasteiger partial charge >= 0.3 is 0 Å². The Labute approximate surface area is 214 Å². The van der Waals surface area contributed by atoms with Gasteiger partial charge in [0.15, 0.2) is 5.96 Å². The monoisotopic (exact) mass is 565 g/mol. The van der Waals surface area contributed by atoms with Crippen LogP contribution in [-0.2, 0) is 6.54 Å². The maximum Gasteiger partial charge on any atom is 0.253 e. The summed E-state index contributed by atoms with van der Waals surface area (Å²) in [6.07, 6.45) is 1.14. The zero-order chi connectivity index (χ0) is 22.9. The van der Waals surface area contributed by atoms with Crippen LogP contribution in [0.15, 0.2) is 53.5 Å². The van der Waals surface area contributed by atoms with Crippen LogP contribution in [0.4, 0.5) is 5.69 Å². The van der Waals surface area contributed by atoms with Gasteiger partial charge in [-0.1, -0.05) is 18.2 Å². The first kappa shape index (κ1) is 26.8. The van der Waals surface area contributed by atoms with E-state index >= 15 is 0 Å². The van der Waals surface area contributed by atoms with Crippen LogP contribution in [0.1, 0.15) is 29.3 Å². The molecule has 0 bridgehead atoms. The van der Waals surface area contributed by atoms with Crippen LogP contribution in [-0.4, -0.2) is 64.2 Å². The Morgan fingerprint density at radius 1 is 1.18 bits per heavy atom. The molecule has 7 nitrogen and oxygen atoms in total. The number of guanidine groups is 1. The second-order valence-electron chi connectivity index (χ2n) is 8.27. The number of halogens is 1. The van der Waals surface area contributed by atoms with Crippen LogP contribution in [0, 0.1) is 5.92 Å². The lowest BCUT2D eigenvalue weighted by atomic mass is 10.1. The van der Waals surface area contributed by atoms with Crippen molar-refractivity contribution in [3.8, 4) is 5.75 Å². The van der Waals surface area contributed by atoms with Gasteiger partial charge in [-0.3, -0.25) is 4.79 Å². The van der Waals surface area contributed by atoms with Crippen LogP contribution < -0.4 is 20.3 Å². The molecule has 8 heteroatoms. The molecule has 2 aromatic carbocycles. The van der Waals surface area contributed by atoms with Crippen molar-refractivity contribution in [1.29, 1.82) is 0 Å². The molecule has 1 atom stereocenters. The minimum absolute atomic E-state index is 0. The minimum atomic E-state index is 0. The van der Waals surface area contributed by atoms with Gasteiger partial charge in [-0.05, 0) is 49.1 Å². The number of hydrogen-bond donors (Lipinski definition) is 2. The first-order valence-corrected chi connectivity index (χ1v) is 11.2. The van der Waals surface area contributed by atoms with Crippen LogP contribution in [0.3, 0.4) is 0 Å². The van der Waals surface area contributed by atoms with Gasteiger partial charge in [0.1, 0.15) is 5.75 Å². The Morgan fingerprint density at radius 3 is 2.61 bits per heavy atom. The first-order valence-electron chi connectivity index (χ1n) is 11.2. The Balaban J connectivity index is 0.00000385. The normalized spacial score (nSPS) is 15.6. The summed E-state index contributed by atoms with van der Waals surface area (Å²) < 4.78 is 5.36. The number of benzene rings is 2. The van der Waals surface area contributed by atoms with Gasteiger partial charge in [0.05, 0.1) is 13.7 Å². The molecule has 0 spiro atoms. The summed E-state index contributed by atoms with van der Waals surface area (Å²) in [6, 6.07) is 15.9. The maximum absolute atomic E-state index is 12.0. The zero-order valence-electron chi connectivity index (χ0n) is 20.0. The quantitative estimate of drug-likeness (QED) is 0.291. The third-order valence-electron chi connectivity index (χ3n) is 5.63. The number of anilines is 1. The highest BCUT2D eigenvalue weighted by Crippen LogP contribution is 2.26. The van der Waals surface area contributed by atoms with Crippen molar-refractivity contribution < 1.29 is 9.53 Å². The predicted octanol–water partition coefficient (Wildman–Crippen LogP) is 3.60. The van der Waals surface area contributed by atoms with Crippen molar-refractivity contribution in [2.24, 2.45) is 10.9 Å². The molecule has 1 saturated heterocycles. The van der Waals surface area contributed by atoms with Crippen molar-refractivity contribution in [3.63, 3.8) is 0 Å². The molecular formula is C25H36IN5O2. The minimum Gasteiger partial charge on any atom is -0.497 e. The molecule has 3 rings (SSSR count). The van der Waals surface area contributed by atoms with Crippen LogP contribution in [0.2, 0.25) is 0 Å². The van der Waals surface area contributed by atoms with E-state index in [2.05, 4.69) is 34.6 Å². The molecule has 2 aromatic rings. The van der Waals surface area contributed by atoms with E-state index in [-0.39, 0.29) is 29.9 Å². The van der Waals surface area contributed by atoms with Crippen molar-refractivity contribution in [2.75, 3.05) is 52.3 Å². The van der Waals surface area contributed by atoms with Crippen molar-refractivity contribution in [2.45, 2.75) is 19.9 Å². The lowest BCUT2D eigenvalue weighted by Gasteiger charge is -2.20. The number of nitrogens with one attached hydrogen (secondary N) is 2. The highest BCUT2D eigenvalue weighted by molar-refractivity contribution is 14.0. The third-order valence-corrected chi connectivity index (χ3v) is 5.63. The predicted molar refractivity (Wildman–Crippen MR) is 146 cm³/mol. The number of carbonyl (C=O) groups is 1. The zero-order valence-corrected chi connectivity index (χ0v) is 22.3. The van der Waals surface area contributed by atoms with Crippen LogP contribution in [0.25, 0.3) is 0 Å². The molecule has 0 saturated carbocycles. The summed E-state index contributed by atoms with van der Waals surface area (Å²) >= 11 is 0. The van der Waals surface area contributed by atoms with Crippen molar-refractivity contribution in [1.82, 2.24) is 15.5 Å². The summed E-state index contributed by atoms with van der Waals surface area (Å²) in [4.78, 5) is 20.7. The van der Waals surface area contributed by atoms with E-state index < -0.39 is 0 Å². The Morgan fingerprint density at radius 2 is 1.94 bits per heavy atom. The number of nitrogens with zero attached hydrogens (tertiary/aromatic N) is 3. The van der Waals surface area contributed by atoms with Crippen molar-refractivity contribution in [3.05, 3.63) is 59.7 Å². The van der Waals surface area contributed by atoms with E-state index in [1.54, 1.807) is 26.1 Å². The van der Waals surface area contributed by atoms with E-state index in [1.165, 1.54) is 5.69 Å². The second kappa shape index (κ2) is 13.3. The number of hydrogen-bond acceptors (Lipinski definition) is 4. The molecule has 0 aromatic heterocycles. The fraction of sp³-hybridized carbons (Fsp3) is 0.440. The SMILES string of the molecule is CCNC(=NCc1ccc(C(=O)N(C)C)cc1)NCC1CCN(c2cccc(OC)c2)C1.I. The molecule has 0 aliphatic carbocycles. The summed E-state index contributed by atoms with van der Waals surface area (Å²) in [6.45, 7) is 6.38. The first-order chi connectivity index (χ1) is 15.5. The maximum atomic E-state index is 12.0. The number of amides is 1. The largest absolute Gasteiger partial charge is 0.497 e. The fourth-order valence-corrected chi connectivity index (χ4v) is 3.80. The molecular weight excluding hydrogens is 529 g/mol. The van der Waals surface area contributed by atoms with Gasteiger partial charge in [-0.25, -0.2) is 4.99 Å². The Kier molecular flexibility index (Phi) is 10.8. The lowest BCUT2D eigenvalue weighted by molar-refractivity contribution is 0.0827. The summed E-state index contributed by atoms with van der Waals surface area (Å²) in [7, 11) is 5.22. The number of aliphatic imine (C=N–C) groups is 1. The van der Waals surface area contributed by atoms with E-state index in [1.807, 2.05) is 36.4 Å². The fourth-order valence-electron chi connectivity index (χ4n) is 3.80. The number of carbonyl (C=O) groups excluding carboxylic acids is 1. The smallest absolute Gasteiger partial charge is 0.253 e. The van der Waals surface area contributed by atoms with Crippen LogP contribution in [0.5, 0.6) is 5.75 Å². The molecule has 0 radical (unpaired) electrons. The third kappa shape index (κ3) is 7.80. The van der Waals surface area contributed by atoms with Gasteiger partial charge in [0.2, 0.25) is 0 Å². The highest BCUT2D eigenvalue weighted by atomic mass is 127. The van der Waals surface area contributed by atoms with E-state index in [4.69, 9.17) is 9.73 Å². The van der Waals surface area contributed by atoms with Gasteiger partial charge in [0, 0.05) is 57.6 Å². The second-order valence-corrected chi connectivity index (χ2v) is 8.27. The molecule has 33 heavy (non-hydrogen) atoms. The van der Waals surface area contributed by atoms with Crippen molar-refractivity contribution >= 4 is 41.5 Å². The molecule has 180 valence electrons. The van der Waals surface area contributed by atoms with E-state index in [9.17, 15) is 4.79 Å². The molecule has 1 unspecified atom stereocenters. The molecule has 1 heterocycles. The van der Waals surface area contributed by atoms with Crippen LogP contribution >= 0.6 is 24.0 Å². The topological polar surface area (TPSA) is 69.2 Å². The standard InChI is InChI=1S/C25H35N5O2.HI/c1-5-26-25(27-16-19-9-11-21(12-10-19)24(31)29(2)3)28-17-20-13-14-30(18-20)22-7-6-8-23(15-22)32-4;/h6-12,15,20H,5,13-14,16-18H2,1-4H3,(H2,26,27,28);1H. The van der Waals surface area contributed by atoms with Gasteiger partial charge in [-0.2, -0.15) is 0 Å². The molecule has 1 aliphatic rings. The number of methoxy groups -OCH3 is 1. The van der Waals surface area contributed by atoms with E-state index in [0.29, 0.717) is 18.0 Å². The van der Waals surface area contributed by atoms with Gasteiger partial charge in [0.25, 0.3) is 5.91 Å². The van der Waals surface area contributed by atoms with Gasteiger partial charge < -0.3 is 25.2 Å². The Hall–Kier alpha value is -2.49. The van der Waals surface area contributed by atoms with E-state index in [0.717, 1.165) is 49.9 Å². The average molecular weight is 566 g/mol. The molecule has 1 fully saturated rings. The molecule has 1 amide bonds. The summed E-state index contributed by atoms with van der Waals surface area (Å²) in [5, 5.41) is 6.83.